The third kappa shape index (κ3) is 2.77. The van der Waals surface area contributed by atoms with Gasteiger partial charge in [-0.25, -0.2) is 0 Å². The van der Waals surface area contributed by atoms with Crippen LogP contribution in [0.1, 0.15) is 0 Å². The minimum atomic E-state index is -1.72. The molecule has 6 heteroatoms. The number of nitroso groups, excluding NO2 is 1. The zero-order valence-electron chi connectivity index (χ0n) is 6.43. The number of ether oxygens (including phenoxy) is 1. The Balaban J connectivity index is 4.41. The summed E-state index contributed by atoms with van der Waals surface area (Å²) in [6.07, 6.45) is -0.877. The van der Waals surface area contributed by atoms with Crippen molar-refractivity contribution < 1.29 is 19.7 Å². The van der Waals surface area contributed by atoms with E-state index in [-0.39, 0.29) is 0 Å². The van der Waals surface area contributed by atoms with Crippen LogP contribution in [0.5, 0.6) is 0 Å². The summed E-state index contributed by atoms with van der Waals surface area (Å²) in [5, 5.41) is 19.6. The molecule has 6 nitrogen and oxygen atoms in total. The second-order valence-corrected chi connectivity index (χ2v) is 1.90. The Hall–Kier alpha value is -1.27. The molecule has 0 bridgehead atoms. The van der Waals surface area contributed by atoms with Gasteiger partial charge in [0.1, 0.15) is 12.9 Å². The summed E-state index contributed by atoms with van der Waals surface area (Å²) >= 11 is 0. The van der Waals surface area contributed by atoms with E-state index in [2.05, 4.69) is 9.91 Å². The van der Waals surface area contributed by atoms with Gasteiger partial charge >= 0.3 is 0 Å². The maximum absolute atomic E-state index is 10.6. The van der Waals surface area contributed by atoms with Crippen LogP contribution in [-0.2, 0) is 9.53 Å². The number of carbonyl (C=O) groups is 1. The van der Waals surface area contributed by atoms with Crippen molar-refractivity contribution in [3.8, 4) is 0 Å². The molecule has 0 aromatic carbocycles. The Labute approximate surface area is 68.4 Å². The largest absolute Gasteiger partial charge is 0.502 e. The van der Waals surface area contributed by atoms with Gasteiger partial charge in [-0.15, -0.1) is 4.91 Å². The quantitative estimate of drug-likeness (QED) is 0.419. The third-order valence-electron chi connectivity index (χ3n) is 1.08. The summed E-state index contributed by atoms with van der Waals surface area (Å²) in [6, 6.07) is 0. The van der Waals surface area contributed by atoms with E-state index in [9.17, 15) is 9.70 Å². The number of aliphatic hydroxyl groups excluding tert-OH is 2. The predicted octanol–water partition coefficient (Wildman–Crippen LogP) is -0.837. The Morgan fingerprint density at radius 2 is 2.33 bits per heavy atom. The number of nitrogens with zero attached hydrogens (tertiary/aromatic N) is 1. The molecule has 0 radical (unpaired) electrons. The highest BCUT2D eigenvalue weighted by molar-refractivity contribution is 5.86. The predicted molar refractivity (Wildman–Crippen MR) is 39.0 cm³/mol. The average Bonchev–Trinajstić information content (AvgIpc) is 2.11. The molecule has 0 fully saturated rings. The molecule has 0 aliphatic heterocycles. The molecule has 0 saturated heterocycles. The van der Waals surface area contributed by atoms with E-state index in [1.807, 2.05) is 0 Å². The van der Waals surface area contributed by atoms with E-state index in [0.717, 1.165) is 6.26 Å². The zero-order chi connectivity index (χ0) is 9.56. The molecule has 0 amide bonds. The zero-order valence-corrected chi connectivity index (χ0v) is 6.43. The Kier molecular flexibility index (Phi) is 4.82. The molecule has 1 unspecified atom stereocenters. The first-order valence-electron chi connectivity index (χ1n) is 3.05. The third-order valence-corrected chi connectivity index (χ3v) is 1.08. The van der Waals surface area contributed by atoms with E-state index in [1.165, 1.54) is 7.11 Å². The minimum Gasteiger partial charge on any atom is -0.502 e. The van der Waals surface area contributed by atoms with E-state index in [4.69, 9.17) is 10.2 Å². The highest BCUT2D eigenvalue weighted by Crippen LogP contribution is 2.04. The van der Waals surface area contributed by atoms with Crippen LogP contribution in [0.25, 0.3) is 0 Å². The summed E-state index contributed by atoms with van der Waals surface area (Å²) in [7, 11) is 1.24. The maximum atomic E-state index is 10.6. The molecule has 2 N–H and O–H groups in total. The molecule has 0 heterocycles. The van der Waals surface area contributed by atoms with Gasteiger partial charge in [-0.1, -0.05) is 0 Å². The average molecular weight is 175 g/mol. The smallest absolute Gasteiger partial charge is 0.192 e. The fraction of sp³-hybridized carbons (Fsp3) is 0.500. The summed E-state index contributed by atoms with van der Waals surface area (Å²) in [6.45, 7) is -0.849. The standard InChI is InChI=1S/C6H9NO5/c1-12-3-4(7-11)6(10)5(9)2-8/h3,6,8,10H,2H2,1H3/b4-3+. The van der Waals surface area contributed by atoms with Crippen molar-refractivity contribution in [1.82, 2.24) is 0 Å². The molecule has 68 valence electrons. The second-order valence-electron chi connectivity index (χ2n) is 1.90. The summed E-state index contributed by atoms with van der Waals surface area (Å²) in [5.41, 5.74) is -0.462. The Morgan fingerprint density at radius 1 is 1.75 bits per heavy atom. The lowest BCUT2D eigenvalue weighted by Gasteiger charge is -2.04. The molecule has 0 spiro atoms. The molecule has 0 aliphatic rings. The molecule has 0 saturated carbocycles. The van der Waals surface area contributed by atoms with Gasteiger partial charge in [-0.3, -0.25) is 4.79 Å². The van der Waals surface area contributed by atoms with Crippen molar-refractivity contribution in [1.29, 1.82) is 0 Å². The normalized spacial score (nSPS) is 13.8. The number of ketones is 1. The molecule has 0 aromatic rings. The van der Waals surface area contributed by atoms with Crippen molar-refractivity contribution in [3.63, 3.8) is 0 Å². The number of rotatable bonds is 5. The van der Waals surface area contributed by atoms with Gasteiger partial charge in [0, 0.05) is 0 Å². The maximum Gasteiger partial charge on any atom is 0.192 e. The highest BCUT2D eigenvalue weighted by atomic mass is 16.5. The lowest BCUT2D eigenvalue weighted by atomic mass is 10.2. The fourth-order valence-corrected chi connectivity index (χ4v) is 0.508. The van der Waals surface area contributed by atoms with Crippen molar-refractivity contribution >= 4 is 5.78 Å². The lowest BCUT2D eigenvalue weighted by Crippen LogP contribution is -2.24. The molecule has 0 aliphatic carbocycles. The van der Waals surface area contributed by atoms with Crippen LogP contribution >= 0.6 is 0 Å². The van der Waals surface area contributed by atoms with Crippen LogP contribution in [0.15, 0.2) is 17.1 Å². The number of hydrogen-bond donors (Lipinski definition) is 2. The number of Topliss-reactive ketones (excluding diaryl/α,β-unsaturated/α-hetero) is 1. The van der Waals surface area contributed by atoms with E-state index in [1.54, 1.807) is 0 Å². The van der Waals surface area contributed by atoms with Crippen molar-refractivity contribution in [2.75, 3.05) is 13.7 Å². The first-order chi connectivity index (χ1) is 5.67. The van der Waals surface area contributed by atoms with Gasteiger partial charge in [-0.2, -0.15) is 0 Å². The molecule has 1 atom stereocenters. The first-order valence-corrected chi connectivity index (χ1v) is 3.05. The van der Waals surface area contributed by atoms with Gasteiger partial charge in [0.2, 0.25) is 0 Å². The summed E-state index contributed by atoms with van der Waals surface area (Å²) in [4.78, 5) is 20.6. The van der Waals surface area contributed by atoms with Gasteiger partial charge in [0.05, 0.1) is 7.11 Å². The van der Waals surface area contributed by atoms with Crippen molar-refractivity contribution in [3.05, 3.63) is 16.9 Å². The minimum absolute atomic E-state index is 0.462. The molecule has 12 heavy (non-hydrogen) atoms. The van der Waals surface area contributed by atoms with Crippen molar-refractivity contribution in [2.45, 2.75) is 6.10 Å². The number of hydrogen-bond acceptors (Lipinski definition) is 6. The topological polar surface area (TPSA) is 96.2 Å². The summed E-state index contributed by atoms with van der Waals surface area (Å²) in [5.74, 6) is -0.905. The van der Waals surface area contributed by atoms with Gasteiger partial charge in [-0.05, 0) is 5.18 Å². The molecule has 0 aromatic heterocycles. The van der Waals surface area contributed by atoms with Crippen LogP contribution in [0.4, 0.5) is 0 Å². The van der Waals surface area contributed by atoms with Crippen molar-refractivity contribution in [2.24, 2.45) is 5.18 Å². The number of methoxy groups -OCH3 is 1. The van der Waals surface area contributed by atoms with Gasteiger partial charge in [0.25, 0.3) is 0 Å². The lowest BCUT2D eigenvalue weighted by molar-refractivity contribution is -0.128. The van der Waals surface area contributed by atoms with E-state index < -0.39 is 24.2 Å². The molecule has 0 rings (SSSR count). The number of aliphatic hydroxyl groups is 2. The first kappa shape index (κ1) is 10.7. The van der Waals surface area contributed by atoms with E-state index >= 15 is 0 Å². The Morgan fingerprint density at radius 3 is 2.67 bits per heavy atom. The highest BCUT2D eigenvalue weighted by Gasteiger charge is 2.20. The Bertz CT molecular complexity index is 200. The van der Waals surface area contributed by atoms with Crippen LogP contribution in [0.3, 0.4) is 0 Å². The van der Waals surface area contributed by atoms with Crippen LogP contribution in [-0.4, -0.2) is 35.8 Å². The monoisotopic (exact) mass is 175 g/mol. The fourth-order valence-electron chi connectivity index (χ4n) is 0.508. The van der Waals surface area contributed by atoms with E-state index in [0.29, 0.717) is 0 Å². The van der Waals surface area contributed by atoms with Crippen LogP contribution < -0.4 is 0 Å². The van der Waals surface area contributed by atoms with Crippen LogP contribution in [0.2, 0.25) is 0 Å². The van der Waals surface area contributed by atoms with Crippen LogP contribution in [0, 0.1) is 4.91 Å². The number of carbonyl (C=O) groups excluding carboxylic acids is 1. The molecular formula is C6H9NO5. The second kappa shape index (κ2) is 5.39. The SMILES string of the molecule is CO/C=C(/N=O)C(O)C(=O)CO. The van der Waals surface area contributed by atoms with Gasteiger partial charge in [0.15, 0.2) is 17.6 Å². The summed E-state index contributed by atoms with van der Waals surface area (Å²) < 4.78 is 4.36. The van der Waals surface area contributed by atoms with Gasteiger partial charge < -0.3 is 14.9 Å². The molecular weight excluding hydrogens is 166 g/mol.